The van der Waals surface area contributed by atoms with Gasteiger partial charge in [-0.15, -0.1) is 0 Å². The molecular weight excluding hydrogens is 304 g/mol. The van der Waals surface area contributed by atoms with E-state index in [1.165, 1.54) is 18.2 Å². The minimum atomic E-state index is -0.908. The molecule has 0 bridgehead atoms. The van der Waals surface area contributed by atoms with Crippen LogP contribution < -0.4 is 16.0 Å². The van der Waals surface area contributed by atoms with Gasteiger partial charge >= 0.3 is 0 Å². The van der Waals surface area contributed by atoms with Gasteiger partial charge in [-0.2, -0.15) is 0 Å². The first kappa shape index (κ1) is 16.1. The Morgan fingerprint density at radius 2 is 1.96 bits per heavy atom. The van der Waals surface area contributed by atoms with Gasteiger partial charge in [0.05, 0.1) is 5.54 Å². The normalized spacial score (nSPS) is 23.8. The van der Waals surface area contributed by atoms with E-state index in [0.717, 1.165) is 0 Å². The van der Waals surface area contributed by atoms with Crippen LogP contribution in [-0.4, -0.2) is 43.8 Å². The maximum absolute atomic E-state index is 13.8. The zero-order valence-electron chi connectivity index (χ0n) is 12.9. The van der Waals surface area contributed by atoms with Crippen LogP contribution in [0.25, 0.3) is 0 Å². The van der Waals surface area contributed by atoms with E-state index in [4.69, 9.17) is 10.5 Å². The Labute approximate surface area is 133 Å². The molecule has 1 aromatic carbocycles. The second kappa shape index (κ2) is 6.41. The highest BCUT2D eigenvalue weighted by Crippen LogP contribution is 2.27. The Hall–Kier alpha value is -1.73. The average Bonchev–Trinajstić information content (AvgIpc) is 2.96. The van der Waals surface area contributed by atoms with Crippen molar-refractivity contribution >= 4 is 11.6 Å². The number of carbonyl (C=O) groups excluding carboxylic acids is 1. The first-order valence-electron chi connectivity index (χ1n) is 7.86. The second-order valence-electron chi connectivity index (χ2n) is 6.24. The highest BCUT2D eigenvalue weighted by Gasteiger charge is 2.38. The molecule has 0 aliphatic carbocycles. The molecule has 1 amide bonds. The maximum Gasteiger partial charge on any atom is 0.240 e. The highest BCUT2D eigenvalue weighted by atomic mass is 19.1. The third kappa shape index (κ3) is 3.30. The lowest BCUT2D eigenvalue weighted by Crippen LogP contribution is -2.59. The monoisotopic (exact) mass is 325 g/mol. The molecule has 1 atom stereocenters. The molecule has 126 valence electrons. The van der Waals surface area contributed by atoms with E-state index < -0.39 is 17.2 Å². The minimum absolute atomic E-state index is 0.0298. The highest BCUT2D eigenvalue weighted by molar-refractivity contribution is 5.86. The van der Waals surface area contributed by atoms with Crippen molar-refractivity contribution < 1.29 is 18.3 Å². The summed E-state index contributed by atoms with van der Waals surface area (Å²) in [6, 6.07) is 3.65. The van der Waals surface area contributed by atoms with E-state index in [1.54, 1.807) is 4.90 Å². The number of amides is 1. The van der Waals surface area contributed by atoms with Gasteiger partial charge in [0.25, 0.3) is 0 Å². The molecule has 7 heteroatoms. The van der Waals surface area contributed by atoms with E-state index >= 15 is 0 Å². The van der Waals surface area contributed by atoms with Gasteiger partial charge in [0.2, 0.25) is 5.91 Å². The van der Waals surface area contributed by atoms with E-state index in [2.05, 4.69) is 5.32 Å². The van der Waals surface area contributed by atoms with Gasteiger partial charge in [0.1, 0.15) is 17.3 Å². The molecule has 3 rings (SSSR count). The fraction of sp³-hybridized carbons (Fsp3) is 0.562. The molecule has 3 N–H and O–H groups in total. The molecule has 1 aromatic rings. The molecule has 2 aliphatic rings. The van der Waals surface area contributed by atoms with E-state index in [0.29, 0.717) is 45.6 Å². The number of ether oxygens (including phenoxy) is 1. The second-order valence-corrected chi connectivity index (χ2v) is 6.24. The molecule has 1 unspecified atom stereocenters. The summed E-state index contributed by atoms with van der Waals surface area (Å²) in [5.41, 5.74) is 5.21. The topological polar surface area (TPSA) is 67.6 Å². The van der Waals surface area contributed by atoms with Crippen molar-refractivity contribution in [1.29, 1.82) is 0 Å². The molecule has 23 heavy (non-hydrogen) atoms. The predicted octanol–water partition coefficient (Wildman–Crippen LogP) is 1.17. The predicted molar refractivity (Wildman–Crippen MR) is 82.1 cm³/mol. The van der Waals surface area contributed by atoms with Crippen LogP contribution in [0, 0.1) is 11.6 Å². The molecule has 2 heterocycles. The number of carbonyl (C=O) groups is 1. The fourth-order valence-corrected chi connectivity index (χ4v) is 3.16. The molecule has 0 spiro atoms. The number of rotatable bonds is 3. The lowest BCUT2D eigenvalue weighted by molar-refractivity contribution is -0.130. The fourth-order valence-electron chi connectivity index (χ4n) is 3.16. The SMILES string of the molecule is NC1(C(=O)NC2CCN(c3c(F)cccc3F)C2)CCOCC1. The number of hydrogen-bond acceptors (Lipinski definition) is 4. The molecule has 0 radical (unpaired) electrons. The number of nitrogens with one attached hydrogen (secondary N) is 1. The molecule has 2 fully saturated rings. The Kier molecular flexibility index (Phi) is 4.50. The van der Waals surface area contributed by atoms with Crippen molar-refractivity contribution in [1.82, 2.24) is 5.32 Å². The molecule has 5 nitrogen and oxygen atoms in total. The van der Waals surface area contributed by atoms with Gasteiger partial charge < -0.3 is 20.7 Å². The average molecular weight is 325 g/mol. The van der Waals surface area contributed by atoms with Gasteiger partial charge in [-0.25, -0.2) is 8.78 Å². The number of para-hydroxylation sites is 1. The van der Waals surface area contributed by atoms with Crippen molar-refractivity contribution in [3.05, 3.63) is 29.8 Å². The number of benzene rings is 1. The number of nitrogens with two attached hydrogens (primary N) is 1. The first-order chi connectivity index (χ1) is 11.0. The Bertz CT molecular complexity index is 570. The van der Waals surface area contributed by atoms with Crippen LogP contribution in [0.2, 0.25) is 0 Å². The lowest BCUT2D eigenvalue weighted by Gasteiger charge is -2.33. The van der Waals surface area contributed by atoms with Crippen LogP contribution >= 0.6 is 0 Å². The van der Waals surface area contributed by atoms with Gasteiger partial charge in [0, 0.05) is 32.3 Å². The van der Waals surface area contributed by atoms with Crippen LogP contribution in [0.4, 0.5) is 14.5 Å². The summed E-state index contributed by atoms with van der Waals surface area (Å²) in [7, 11) is 0. The van der Waals surface area contributed by atoms with Crippen LogP contribution in [-0.2, 0) is 9.53 Å². The van der Waals surface area contributed by atoms with Gasteiger partial charge in [-0.05, 0) is 31.4 Å². The minimum Gasteiger partial charge on any atom is -0.381 e. The summed E-state index contributed by atoms with van der Waals surface area (Å²) in [4.78, 5) is 14.0. The van der Waals surface area contributed by atoms with Crippen LogP contribution in [0.5, 0.6) is 0 Å². The number of hydrogen-bond donors (Lipinski definition) is 2. The zero-order chi connectivity index (χ0) is 16.4. The van der Waals surface area contributed by atoms with Crippen molar-refractivity contribution in [3.8, 4) is 0 Å². The number of anilines is 1. The number of nitrogens with zero attached hydrogens (tertiary/aromatic N) is 1. The van der Waals surface area contributed by atoms with Gasteiger partial charge in [0.15, 0.2) is 0 Å². The summed E-state index contributed by atoms with van der Waals surface area (Å²) in [5, 5.41) is 2.92. The Balaban J connectivity index is 1.63. The summed E-state index contributed by atoms with van der Waals surface area (Å²) >= 11 is 0. The van der Waals surface area contributed by atoms with Crippen molar-refractivity contribution in [2.45, 2.75) is 30.8 Å². The Morgan fingerprint density at radius 1 is 1.30 bits per heavy atom. The zero-order valence-corrected chi connectivity index (χ0v) is 12.9. The largest absolute Gasteiger partial charge is 0.381 e. The van der Waals surface area contributed by atoms with Crippen molar-refractivity contribution in [3.63, 3.8) is 0 Å². The third-order valence-electron chi connectivity index (χ3n) is 4.61. The third-order valence-corrected chi connectivity index (χ3v) is 4.61. The van der Waals surface area contributed by atoms with Crippen molar-refractivity contribution in [2.75, 3.05) is 31.2 Å². The summed E-state index contributed by atoms with van der Waals surface area (Å²) in [5.74, 6) is -1.38. The molecule has 2 saturated heterocycles. The summed E-state index contributed by atoms with van der Waals surface area (Å²) < 4.78 is 32.9. The molecule has 0 saturated carbocycles. The van der Waals surface area contributed by atoms with Gasteiger partial charge in [-0.3, -0.25) is 4.79 Å². The molecular formula is C16H21F2N3O2. The van der Waals surface area contributed by atoms with Gasteiger partial charge in [-0.1, -0.05) is 6.07 Å². The maximum atomic E-state index is 13.8. The van der Waals surface area contributed by atoms with E-state index in [1.807, 2.05) is 0 Å². The van der Waals surface area contributed by atoms with E-state index in [9.17, 15) is 13.6 Å². The Morgan fingerprint density at radius 3 is 2.61 bits per heavy atom. The lowest BCUT2D eigenvalue weighted by atomic mass is 9.90. The van der Waals surface area contributed by atoms with Crippen molar-refractivity contribution in [2.24, 2.45) is 5.73 Å². The van der Waals surface area contributed by atoms with Crippen LogP contribution in [0.3, 0.4) is 0 Å². The van der Waals surface area contributed by atoms with Crippen LogP contribution in [0.15, 0.2) is 18.2 Å². The number of halogens is 2. The summed E-state index contributed by atoms with van der Waals surface area (Å²) in [6.07, 6.45) is 1.60. The smallest absolute Gasteiger partial charge is 0.240 e. The molecule has 0 aromatic heterocycles. The van der Waals surface area contributed by atoms with E-state index in [-0.39, 0.29) is 17.6 Å². The first-order valence-corrected chi connectivity index (χ1v) is 7.86. The molecule has 2 aliphatic heterocycles. The summed E-state index contributed by atoms with van der Waals surface area (Å²) in [6.45, 7) is 1.81. The van der Waals surface area contributed by atoms with Crippen LogP contribution in [0.1, 0.15) is 19.3 Å². The standard InChI is InChI=1S/C16H21F2N3O2/c17-12-2-1-3-13(18)14(12)21-7-4-11(10-21)20-15(22)16(19)5-8-23-9-6-16/h1-3,11H,4-10,19H2,(H,20,22). The quantitative estimate of drug-likeness (QED) is 0.875.